The molecule has 7 nitrogen and oxygen atoms in total. The van der Waals surface area contributed by atoms with Crippen LogP contribution in [0.1, 0.15) is 28.4 Å². The van der Waals surface area contributed by atoms with Gasteiger partial charge in [0.05, 0.1) is 26.2 Å². The van der Waals surface area contributed by atoms with Crippen molar-refractivity contribution in [2.45, 2.75) is 18.4 Å². The van der Waals surface area contributed by atoms with E-state index in [4.69, 9.17) is 13.9 Å². The van der Waals surface area contributed by atoms with E-state index in [0.717, 1.165) is 0 Å². The quantitative estimate of drug-likeness (QED) is 0.480. The molecule has 0 N–H and O–H groups in total. The number of hydrogen-bond donors (Lipinski definition) is 0. The smallest absolute Gasteiger partial charge is 0.329 e. The van der Waals surface area contributed by atoms with Crippen LogP contribution in [0.3, 0.4) is 0 Å². The molecule has 0 bridgehead atoms. The molecule has 0 aromatic carbocycles. The molecule has 0 aliphatic carbocycles. The average Bonchev–Trinajstić information content (AvgIpc) is 3.28. The number of carbonyl (C=O) groups is 3. The predicted molar refractivity (Wildman–Crippen MR) is 76.9 cm³/mol. The Morgan fingerprint density at radius 2 is 1.83 bits per heavy atom. The highest BCUT2D eigenvalue weighted by Crippen LogP contribution is 2.39. The van der Waals surface area contributed by atoms with Crippen LogP contribution in [-0.4, -0.2) is 36.5 Å². The van der Waals surface area contributed by atoms with Crippen LogP contribution >= 0.6 is 0 Å². The molecule has 7 heteroatoms. The van der Waals surface area contributed by atoms with E-state index in [1.165, 1.54) is 20.5 Å². The minimum atomic E-state index is -1.54. The zero-order valence-corrected chi connectivity index (χ0v) is 12.7. The molecule has 0 atom stereocenters. The summed E-state index contributed by atoms with van der Waals surface area (Å²) >= 11 is 0. The lowest BCUT2D eigenvalue weighted by Gasteiger charge is -2.22. The van der Waals surface area contributed by atoms with Crippen molar-refractivity contribution in [3.8, 4) is 0 Å². The van der Waals surface area contributed by atoms with Crippen molar-refractivity contribution in [3.05, 3.63) is 47.7 Å². The van der Waals surface area contributed by atoms with Crippen molar-refractivity contribution in [1.29, 1.82) is 0 Å². The highest BCUT2D eigenvalue weighted by Gasteiger charge is 2.55. The standard InChI is InChI=1S/C16H15NO6/c1-21-14(19)16(15(20)22-2)7-8-17-10(5-6-12(16)17)13(18)11-4-3-9-23-11/h3-6,9H,7-8H2,1-2H3. The van der Waals surface area contributed by atoms with Crippen molar-refractivity contribution < 1.29 is 28.3 Å². The number of ether oxygens (including phenoxy) is 2. The van der Waals surface area contributed by atoms with Gasteiger partial charge in [-0.05, 0) is 30.7 Å². The van der Waals surface area contributed by atoms with E-state index in [0.29, 0.717) is 17.9 Å². The number of rotatable bonds is 4. The van der Waals surface area contributed by atoms with E-state index in [9.17, 15) is 14.4 Å². The van der Waals surface area contributed by atoms with Crippen LogP contribution in [0.25, 0.3) is 0 Å². The Morgan fingerprint density at radius 3 is 2.39 bits per heavy atom. The Kier molecular flexibility index (Phi) is 3.55. The van der Waals surface area contributed by atoms with Gasteiger partial charge in [0.1, 0.15) is 0 Å². The normalized spacial score (nSPS) is 15.0. The summed E-state index contributed by atoms with van der Waals surface area (Å²) < 4.78 is 16.4. The zero-order chi connectivity index (χ0) is 16.6. The lowest BCUT2D eigenvalue weighted by molar-refractivity contribution is -0.161. The second-order valence-electron chi connectivity index (χ2n) is 5.20. The number of ketones is 1. The number of esters is 2. The first-order valence-electron chi connectivity index (χ1n) is 7.01. The van der Waals surface area contributed by atoms with Gasteiger partial charge in [0, 0.05) is 12.2 Å². The van der Waals surface area contributed by atoms with Crippen LogP contribution in [0, 0.1) is 0 Å². The van der Waals surface area contributed by atoms with Gasteiger partial charge in [-0.15, -0.1) is 0 Å². The van der Waals surface area contributed by atoms with Gasteiger partial charge in [0.2, 0.25) is 11.2 Å². The Morgan fingerprint density at radius 1 is 1.13 bits per heavy atom. The molecular formula is C16H15NO6. The molecule has 0 radical (unpaired) electrons. The minimum Gasteiger partial charge on any atom is -0.468 e. The van der Waals surface area contributed by atoms with Crippen LogP contribution in [0.5, 0.6) is 0 Å². The third-order valence-electron chi connectivity index (χ3n) is 4.17. The fourth-order valence-electron chi connectivity index (χ4n) is 3.07. The first kappa shape index (κ1) is 15.1. The molecule has 0 spiro atoms. The van der Waals surface area contributed by atoms with Gasteiger partial charge < -0.3 is 18.5 Å². The second-order valence-corrected chi connectivity index (χ2v) is 5.20. The molecule has 2 aromatic rings. The summed E-state index contributed by atoms with van der Waals surface area (Å²) in [6.45, 7) is 0.328. The van der Waals surface area contributed by atoms with E-state index >= 15 is 0 Å². The number of furan rings is 1. The topological polar surface area (TPSA) is 87.7 Å². The largest absolute Gasteiger partial charge is 0.468 e. The fourth-order valence-corrected chi connectivity index (χ4v) is 3.07. The lowest BCUT2D eigenvalue weighted by Crippen LogP contribution is -2.43. The van der Waals surface area contributed by atoms with E-state index < -0.39 is 17.4 Å². The maximum atomic E-state index is 12.5. The van der Waals surface area contributed by atoms with Gasteiger partial charge in [0.25, 0.3) is 0 Å². The van der Waals surface area contributed by atoms with Crippen LogP contribution < -0.4 is 0 Å². The lowest BCUT2D eigenvalue weighted by atomic mass is 9.83. The summed E-state index contributed by atoms with van der Waals surface area (Å²) in [6.07, 6.45) is 1.59. The molecule has 1 aliphatic heterocycles. The van der Waals surface area contributed by atoms with Crippen molar-refractivity contribution in [1.82, 2.24) is 4.57 Å². The van der Waals surface area contributed by atoms with Crippen LogP contribution in [0.4, 0.5) is 0 Å². The monoisotopic (exact) mass is 317 g/mol. The number of aromatic nitrogens is 1. The number of methoxy groups -OCH3 is 2. The summed E-state index contributed by atoms with van der Waals surface area (Å²) in [7, 11) is 2.43. The predicted octanol–water partition coefficient (Wildman–Crippen LogP) is 1.30. The SMILES string of the molecule is COC(=O)C1(C(=O)OC)CCn2c(C(=O)c3ccco3)ccc21. The summed E-state index contributed by atoms with van der Waals surface area (Å²) in [4.78, 5) is 37.0. The molecule has 0 fully saturated rings. The molecule has 0 amide bonds. The third kappa shape index (κ3) is 2.00. The molecule has 0 saturated heterocycles. The molecule has 0 unspecified atom stereocenters. The number of fused-ring (bicyclic) bond motifs is 1. The molecule has 120 valence electrons. The summed E-state index contributed by atoms with van der Waals surface area (Å²) in [6, 6.07) is 6.33. The van der Waals surface area contributed by atoms with Gasteiger partial charge in [-0.2, -0.15) is 0 Å². The first-order chi connectivity index (χ1) is 11.1. The van der Waals surface area contributed by atoms with Crippen LogP contribution in [0.2, 0.25) is 0 Å². The maximum Gasteiger partial charge on any atom is 0.329 e. The van der Waals surface area contributed by atoms with Gasteiger partial charge in [-0.3, -0.25) is 14.4 Å². The summed E-state index contributed by atoms with van der Waals surface area (Å²) in [5.41, 5.74) is -0.790. The summed E-state index contributed by atoms with van der Waals surface area (Å²) in [5.74, 6) is -1.51. The average molecular weight is 317 g/mol. The number of hydrogen-bond acceptors (Lipinski definition) is 6. The minimum absolute atomic E-state index is 0.182. The summed E-state index contributed by atoms with van der Waals surface area (Å²) in [5, 5.41) is 0. The van der Waals surface area contributed by atoms with E-state index in [1.807, 2.05) is 0 Å². The molecular weight excluding hydrogens is 302 g/mol. The van der Waals surface area contributed by atoms with Crippen molar-refractivity contribution >= 4 is 17.7 Å². The Balaban J connectivity index is 2.09. The molecule has 1 aliphatic rings. The second kappa shape index (κ2) is 5.42. The van der Waals surface area contributed by atoms with Crippen molar-refractivity contribution in [3.63, 3.8) is 0 Å². The van der Waals surface area contributed by atoms with E-state index in [-0.39, 0.29) is 18.0 Å². The molecule has 23 heavy (non-hydrogen) atoms. The Hall–Kier alpha value is -2.83. The first-order valence-corrected chi connectivity index (χ1v) is 7.01. The van der Waals surface area contributed by atoms with E-state index in [2.05, 4.69) is 0 Å². The highest BCUT2D eigenvalue weighted by molar-refractivity contribution is 6.09. The molecule has 0 saturated carbocycles. The Bertz CT molecular complexity index is 755. The van der Waals surface area contributed by atoms with Crippen molar-refractivity contribution in [2.75, 3.05) is 14.2 Å². The fraction of sp³-hybridized carbons (Fsp3) is 0.312. The zero-order valence-electron chi connectivity index (χ0n) is 12.7. The molecule has 3 rings (SSSR count). The van der Waals surface area contributed by atoms with Gasteiger partial charge >= 0.3 is 11.9 Å². The highest BCUT2D eigenvalue weighted by atomic mass is 16.5. The van der Waals surface area contributed by atoms with Gasteiger partial charge in [0.15, 0.2) is 5.76 Å². The van der Waals surface area contributed by atoms with Gasteiger partial charge in [-0.1, -0.05) is 0 Å². The van der Waals surface area contributed by atoms with Crippen LogP contribution in [0.15, 0.2) is 34.9 Å². The molecule has 3 heterocycles. The van der Waals surface area contributed by atoms with E-state index in [1.54, 1.807) is 28.8 Å². The maximum absolute atomic E-state index is 12.5. The van der Waals surface area contributed by atoms with Crippen LogP contribution in [-0.2, 0) is 31.0 Å². The van der Waals surface area contributed by atoms with Gasteiger partial charge in [-0.25, -0.2) is 0 Å². The third-order valence-corrected chi connectivity index (χ3v) is 4.17. The number of nitrogens with zero attached hydrogens (tertiary/aromatic N) is 1. The Labute approximate surface area is 131 Å². The number of carbonyl (C=O) groups excluding carboxylic acids is 3. The molecule has 2 aromatic heterocycles. The van der Waals surface area contributed by atoms with Crippen molar-refractivity contribution in [2.24, 2.45) is 0 Å².